The van der Waals surface area contributed by atoms with Gasteiger partial charge in [-0.2, -0.15) is 18.3 Å². The van der Waals surface area contributed by atoms with Gasteiger partial charge in [0.15, 0.2) is 17.3 Å². The largest absolute Gasteiger partial charge is 0.419 e. The minimum atomic E-state index is -4.54. The van der Waals surface area contributed by atoms with E-state index in [1.165, 1.54) is 4.68 Å². The van der Waals surface area contributed by atoms with E-state index in [-0.39, 0.29) is 37.2 Å². The molecule has 0 aromatic carbocycles. The van der Waals surface area contributed by atoms with Crippen molar-refractivity contribution in [2.24, 2.45) is 7.05 Å². The number of halogens is 4. The van der Waals surface area contributed by atoms with Crippen LogP contribution < -0.4 is 5.32 Å². The lowest BCUT2D eigenvalue weighted by Gasteiger charge is -2.39. The molecule has 2 unspecified atom stereocenters. The Morgan fingerprint density at radius 3 is 2.46 bits per heavy atom. The third kappa shape index (κ3) is 5.06. The van der Waals surface area contributed by atoms with Crippen LogP contribution in [-0.2, 0) is 18.0 Å². The molecule has 4 heterocycles. The second kappa shape index (κ2) is 9.52. The molecular weight excluding hydrogens is 472 g/mol. The fraction of sp³-hybridized carbons (Fsp3) is 0.429. The second-order valence-corrected chi connectivity index (χ2v) is 7.97. The summed E-state index contributed by atoms with van der Waals surface area (Å²) in [6.45, 7) is 4.19. The number of hydrogen-bond acceptors (Lipinski definition) is 8. The molecule has 3 aromatic rings. The zero-order chi connectivity index (χ0) is 25.3. The average Bonchev–Trinajstić information content (AvgIpc) is 3.12. The number of nitrogens with one attached hydrogen (secondary N) is 1. The quantitative estimate of drug-likeness (QED) is 0.539. The van der Waals surface area contributed by atoms with Crippen molar-refractivity contribution < 1.29 is 27.1 Å². The van der Waals surface area contributed by atoms with Crippen molar-refractivity contribution >= 4 is 11.9 Å². The van der Waals surface area contributed by atoms with Gasteiger partial charge < -0.3 is 15.0 Å². The first-order chi connectivity index (χ1) is 16.6. The van der Waals surface area contributed by atoms with E-state index in [9.17, 15) is 22.4 Å². The molecular formula is C21H22F4N8O2. The highest BCUT2D eigenvalue weighted by Crippen LogP contribution is 2.29. The van der Waals surface area contributed by atoms with Crippen LogP contribution in [0.25, 0.3) is 11.4 Å². The third-order valence-electron chi connectivity index (χ3n) is 5.74. The molecule has 14 heteroatoms. The first-order valence-corrected chi connectivity index (χ1v) is 10.6. The summed E-state index contributed by atoms with van der Waals surface area (Å²) in [6.07, 6.45) is -1.55. The van der Waals surface area contributed by atoms with Crippen molar-refractivity contribution in [3.63, 3.8) is 0 Å². The van der Waals surface area contributed by atoms with Gasteiger partial charge in [0.2, 0.25) is 5.95 Å². The van der Waals surface area contributed by atoms with Crippen molar-refractivity contribution in [3.05, 3.63) is 47.6 Å². The Morgan fingerprint density at radius 2 is 1.83 bits per heavy atom. The molecule has 0 aliphatic carbocycles. The van der Waals surface area contributed by atoms with E-state index in [4.69, 9.17) is 4.74 Å². The zero-order valence-corrected chi connectivity index (χ0v) is 19.0. The Morgan fingerprint density at radius 1 is 1.17 bits per heavy atom. The number of alkyl halides is 3. The van der Waals surface area contributed by atoms with Gasteiger partial charge in [-0.1, -0.05) is 0 Å². The molecule has 186 valence electrons. The van der Waals surface area contributed by atoms with Gasteiger partial charge >= 0.3 is 6.18 Å². The normalized spacial score (nSPS) is 18.5. The summed E-state index contributed by atoms with van der Waals surface area (Å²) in [6, 6.07) is -0.508. The SMILES string of the molecule is Cc1c(-c2ncc(F)cn2)c(C(=O)N2CCOC(C)C2CNc2ncc(C(F)(F)F)cn2)nn1C. The molecule has 1 aliphatic rings. The first kappa shape index (κ1) is 24.4. The van der Waals surface area contributed by atoms with E-state index < -0.39 is 35.6 Å². The molecule has 0 bridgehead atoms. The molecule has 0 spiro atoms. The van der Waals surface area contributed by atoms with Gasteiger partial charge in [-0.3, -0.25) is 9.48 Å². The molecule has 1 fully saturated rings. The smallest absolute Gasteiger partial charge is 0.374 e. The Hall–Kier alpha value is -3.68. The van der Waals surface area contributed by atoms with Gasteiger partial charge in [0.25, 0.3) is 5.91 Å². The number of aryl methyl sites for hydroxylation is 1. The molecule has 10 nitrogen and oxygen atoms in total. The number of ether oxygens (including phenoxy) is 1. The van der Waals surface area contributed by atoms with Crippen molar-refractivity contribution in [1.82, 2.24) is 34.6 Å². The van der Waals surface area contributed by atoms with Gasteiger partial charge in [-0.15, -0.1) is 0 Å². The van der Waals surface area contributed by atoms with Crippen LogP contribution in [0.4, 0.5) is 23.5 Å². The zero-order valence-electron chi connectivity index (χ0n) is 19.0. The Labute approximate surface area is 197 Å². The minimum Gasteiger partial charge on any atom is -0.374 e. The Balaban J connectivity index is 1.58. The maximum absolute atomic E-state index is 13.6. The fourth-order valence-corrected chi connectivity index (χ4v) is 3.76. The van der Waals surface area contributed by atoms with Crippen molar-refractivity contribution in [2.45, 2.75) is 32.2 Å². The van der Waals surface area contributed by atoms with Crippen LogP contribution in [0, 0.1) is 12.7 Å². The Kier molecular flexibility index (Phi) is 6.65. The number of amides is 1. The Bertz CT molecular complexity index is 1200. The predicted molar refractivity (Wildman–Crippen MR) is 115 cm³/mol. The number of morpholine rings is 1. The number of carbonyl (C=O) groups is 1. The predicted octanol–water partition coefficient (Wildman–Crippen LogP) is 2.48. The second-order valence-electron chi connectivity index (χ2n) is 7.97. The molecule has 0 saturated carbocycles. The summed E-state index contributed by atoms with van der Waals surface area (Å²) in [4.78, 5) is 30.6. The van der Waals surface area contributed by atoms with E-state index in [0.29, 0.717) is 23.7 Å². The molecule has 4 rings (SSSR count). The lowest BCUT2D eigenvalue weighted by molar-refractivity contribution is -0.138. The molecule has 3 aromatic heterocycles. The molecule has 1 N–H and O–H groups in total. The molecule has 1 saturated heterocycles. The first-order valence-electron chi connectivity index (χ1n) is 10.6. The highest BCUT2D eigenvalue weighted by Gasteiger charge is 2.36. The van der Waals surface area contributed by atoms with Crippen LogP contribution in [0.15, 0.2) is 24.8 Å². The van der Waals surface area contributed by atoms with E-state index in [0.717, 1.165) is 12.4 Å². The molecule has 1 aliphatic heterocycles. The van der Waals surface area contributed by atoms with Gasteiger partial charge in [0.05, 0.1) is 42.3 Å². The van der Waals surface area contributed by atoms with Crippen LogP contribution >= 0.6 is 0 Å². The maximum atomic E-state index is 13.6. The van der Waals surface area contributed by atoms with E-state index in [1.807, 2.05) is 0 Å². The van der Waals surface area contributed by atoms with E-state index in [2.05, 4.69) is 30.4 Å². The topological polar surface area (TPSA) is 111 Å². The highest BCUT2D eigenvalue weighted by atomic mass is 19.4. The highest BCUT2D eigenvalue weighted by molar-refractivity contribution is 5.99. The molecule has 0 radical (unpaired) electrons. The van der Waals surface area contributed by atoms with E-state index in [1.54, 1.807) is 25.8 Å². The van der Waals surface area contributed by atoms with Gasteiger partial charge in [-0.05, 0) is 13.8 Å². The van der Waals surface area contributed by atoms with Crippen LogP contribution in [-0.4, -0.2) is 72.4 Å². The van der Waals surface area contributed by atoms with Crippen molar-refractivity contribution in [3.8, 4) is 11.4 Å². The van der Waals surface area contributed by atoms with Crippen molar-refractivity contribution in [1.29, 1.82) is 0 Å². The number of hydrogen-bond donors (Lipinski definition) is 1. The number of anilines is 1. The van der Waals surface area contributed by atoms with Gasteiger partial charge in [0, 0.05) is 38.2 Å². The number of nitrogens with zero attached hydrogens (tertiary/aromatic N) is 7. The third-order valence-corrected chi connectivity index (χ3v) is 5.74. The summed E-state index contributed by atoms with van der Waals surface area (Å²) in [5, 5.41) is 7.23. The summed E-state index contributed by atoms with van der Waals surface area (Å²) < 4.78 is 58.8. The average molecular weight is 494 g/mol. The lowest BCUT2D eigenvalue weighted by atomic mass is 10.1. The monoisotopic (exact) mass is 494 g/mol. The van der Waals surface area contributed by atoms with Crippen LogP contribution in [0.2, 0.25) is 0 Å². The molecule has 2 atom stereocenters. The van der Waals surface area contributed by atoms with Crippen LogP contribution in [0.3, 0.4) is 0 Å². The van der Waals surface area contributed by atoms with Crippen LogP contribution in [0.5, 0.6) is 0 Å². The van der Waals surface area contributed by atoms with Gasteiger partial charge in [0.1, 0.15) is 0 Å². The number of rotatable bonds is 5. The number of aromatic nitrogens is 6. The van der Waals surface area contributed by atoms with Crippen molar-refractivity contribution in [2.75, 3.05) is 25.0 Å². The molecule has 1 amide bonds. The standard InChI is InChI=1S/C21H22F4N8O2/c1-11-16(18-26-8-14(22)9-27-18)17(31-32(11)3)19(34)33-4-5-35-12(2)15(33)10-30-20-28-6-13(7-29-20)21(23,24)25/h6-9,12,15H,4-5,10H2,1-3H3,(H,28,29,30). The minimum absolute atomic E-state index is 0.0164. The fourth-order valence-electron chi connectivity index (χ4n) is 3.76. The van der Waals surface area contributed by atoms with Gasteiger partial charge in [-0.25, -0.2) is 24.3 Å². The van der Waals surface area contributed by atoms with Crippen LogP contribution in [0.1, 0.15) is 28.7 Å². The molecule has 35 heavy (non-hydrogen) atoms. The van der Waals surface area contributed by atoms with E-state index >= 15 is 0 Å². The summed E-state index contributed by atoms with van der Waals surface area (Å²) in [7, 11) is 1.67. The summed E-state index contributed by atoms with van der Waals surface area (Å²) in [5.74, 6) is -0.875. The lowest BCUT2D eigenvalue weighted by Crippen LogP contribution is -2.55. The summed E-state index contributed by atoms with van der Waals surface area (Å²) >= 11 is 0. The summed E-state index contributed by atoms with van der Waals surface area (Å²) in [5.41, 5.74) is 0.139. The number of carbonyl (C=O) groups excluding carboxylic acids is 1. The maximum Gasteiger partial charge on any atom is 0.419 e.